The summed E-state index contributed by atoms with van der Waals surface area (Å²) in [4.78, 5) is 28.9. The molecular formula is C27H23NO3. The molecule has 4 heteroatoms. The zero-order valence-corrected chi connectivity index (χ0v) is 17.8. The zero-order valence-electron chi connectivity index (χ0n) is 17.8. The lowest BCUT2D eigenvalue weighted by Crippen LogP contribution is -2.29. The molecule has 154 valence electrons. The molecule has 0 aliphatic carbocycles. The monoisotopic (exact) mass is 409 g/mol. The summed E-state index contributed by atoms with van der Waals surface area (Å²) in [6, 6.07) is 21.0. The van der Waals surface area contributed by atoms with E-state index in [1.807, 2.05) is 87.5 Å². The Bertz CT molecular complexity index is 1370. The molecule has 0 saturated heterocycles. The molecule has 1 aromatic heterocycles. The second kappa shape index (κ2) is 7.24. The second-order valence-corrected chi connectivity index (χ2v) is 8.34. The van der Waals surface area contributed by atoms with Crippen LogP contribution in [0.4, 0.5) is 0 Å². The first kappa shape index (κ1) is 19.3. The van der Waals surface area contributed by atoms with Crippen molar-refractivity contribution >= 4 is 16.9 Å². The average Bonchev–Trinajstić information content (AvgIpc) is 3.04. The minimum Gasteiger partial charge on any atom is -0.450 e. The largest absolute Gasteiger partial charge is 0.450 e. The number of carbonyl (C=O) groups is 1. The molecule has 1 atom stereocenters. The van der Waals surface area contributed by atoms with Gasteiger partial charge in [-0.05, 0) is 55.2 Å². The number of aryl methyl sites for hydroxylation is 3. The van der Waals surface area contributed by atoms with Crippen molar-refractivity contribution in [3.63, 3.8) is 0 Å². The number of carbonyl (C=O) groups excluding carboxylic acids is 1. The molecule has 4 aromatic rings. The van der Waals surface area contributed by atoms with Gasteiger partial charge in [0.05, 0.1) is 17.0 Å². The summed E-state index contributed by atoms with van der Waals surface area (Å²) in [5.41, 5.74) is 5.88. The summed E-state index contributed by atoms with van der Waals surface area (Å²) in [5, 5.41) is 0.521. The van der Waals surface area contributed by atoms with E-state index in [9.17, 15) is 9.59 Å². The van der Waals surface area contributed by atoms with E-state index in [-0.39, 0.29) is 17.1 Å². The third-order valence-electron chi connectivity index (χ3n) is 6.17. The van der Waals surface area contributed by atoms with Crippen LogP contribution in [0.25, 0.3) is 11.0 Å². The molecule has 5 rings (SSSR count). The summed E-state index contributed by atoms with van der Waals surface area (Å²) in [7, 11) is 0. The fourth-order valence-electron chi connectivity index (χ4n) is 4.31. The van der Waals surface area contributed by atoms with Gasteiger partial charge in [-0.1, -0.05) is 60.2 Å². The fraction of sp³-hybridized carbons (Fsp3) is 0.185. The first-order chi connectivity index (χ1) is 14.9. The smallest absolute Gasteiger partial charge is 0.291 e. The molecule has 1 aliphatic rings. The molecule has 4 nitrogen and oxygen atoms in total. The highest BCUT2D eigenvalue weighted by Crippen LogP contribution is 2.39. The van der Waals surface area contributed by atoms with Gasteiger partial charge in [-0.2, -0.15) is 0 Å². The predicted molar refractivity (Wildman–Crippen MR) is 121 cm³/mol. The standard InChI is InChI=1S/C27H23NO3/c1-16-9-11-19(12-10-16)15-28-24(20-7-5-4-6-8-20)23-25(29)21-13-17(2)18(3)14-22(21)31-26(23)27(28)30/h4-14,24H,15H2,1-3H3. The Labute approximate surface area is 180 Å². The van der Waals surface area contributed by atoms with Gasteiger partial charge < -0.3 is 9.32 Å². The van der Waals surface area contributed by atoms with E-state index in [2.05, 4.69) is 0 Å². The Hall–Kier alpha value is -3.66. The van der Waals surface area contributed by atoms with Crippen LogP contribution in [0, 0.1) is 20.8 Å². The Morgan fingerprint density at radius 2 is 1.55 bits per heavy atom. The quantitative estimate of drug-likeness (QED) is 0.451. The molecule has 31 heavy (non-hydrogen) atoms. The van der Waals surface area contributed by atoms with Gasteiger partial charge in [-0.3, -0.25) is 9.59 Å². The van der Waals surface area contributed by atoms with Gasteiger partial charge in [0.1, 0.15) is 5.58 Å². The third-order valence-corrected chi connectivity index (χ3v) is 6.17. The summed E-state index contributed by atoms with van der Waals surface area (Å²) < 4.78 is 6.08. The van der Waals surface area contributed by atoms with Crippen molar-refractivity contribution in [2.45, 2.75) is 33.4 Å². The Morgan fingerprint density at radius 1 is 0.871 bits per heavy atom. The molecule has 1 unspecified atom stereocenters. The number of hydrogen-bond donors (Lipinski definition) is 0. The van der Waals surface area contributed by atoms with Gasteiger partial charge in [0.25, 0.3) is 5.91 Å². The van der Waals surface area contributed by atoms with Crippen molar-refractivity contribution in [1.82, 2.24) is 4.90 Å². The lowest BCUT2D eigenvalue weighted by Gasteiger charge is -2.25. The summed E-state index contributed by atoms with van der Waals surface area (Å²) in [6.07, 6.45) is 0. The van der Waals surface area contributed by atoms with E-state index in [1.165, 1.54) is 0 Å². The Balaban J connectivity index is 1.73. The first-order valence-electron chi connectivity index (χ1n) is 10.4. The lowest BCUT2D eigenvalue weighted by molar-refractivity contribution is 0.0714. The van der Waals surface area contributed by atoms with E-state index in [4.69, 9.17) is 4.42 Å². The highest BCUT2D eigenvalue weighted by Gasteiger charge is 2.42. The van der Waals surface area contributed by atoms with Crippen molar-refractivity contribution in [3.8, 4) is 0 Å². The van der Waals surface area contributed by atoms with Gasteiger partial charge in [-0.15, -0.1) is 0 Å². The highest BCUT2D eigenvalue weighted by molar-refractivity contribution is 5.99. The van der Waals surface area contributed by atoms with Crippen molar-refractivity contribution in [2.75, 3.05) is 0 Å². The van der Waals surface area contributed by atoms with E-state index >= 15 is 0 Å². The molecule has 3 aromatic carbocycles. The van der Waals surface area contributed by atoms with Crippen LogP contribution in [-0.2, 0) is 6.54 Å². The van der Waals surface area contributed by atoms with E-state index in [1.54, 1.807) is 4.90 Å². The normalized spacial score (nSPS) is 15.5. The van der Waals surface area contributed by atoms with Crippen LogP contribution >= 0.6 is 0 Å². The molecule has 0 bridgehead atoms. The highest BCUT2D eigenvalue weighted by atomic mass is 16.3. The molecular weight excluding hydrogens is 386 g/mol. The van der Waals surface area contributed by atoms with Crippen LogP contribution in [0.5, 0.6) is 0 Å². The van der Waals surface area contributed by atoms with Gasteiger partial charge in [0.2, 0.25) is 5.76 Å². The molecule has 0 fully saturated rings. The Kier molecular flexibility index (Phi) is 4.51. The minimum atomic E-state index is -0.479. The first-order valence-corrected chi connectivity index (χ1v) is 10.4. The molecule has 0 spiro atoms. The fourth-order valence-corrected chi connectivity index (χ4v) is 4.31. The number of rotatable bonds is 3. The minimum absolute atomic E-state index is 0.132. The van der Waals surface area contributed by atoms with Crippen LogP contribution in [0.3, 0.4) is 0 Å². The maximum atomic E-state index is 13.6. The molecule has 0 saturated carbocycles. The van der Waals surface area contributed by atoms with Crippen LogP contribution < -0.4 is 5.43 Å². The van der Waals surface area contributed by atoms with Crippen molar-refractivity contribution < 1.29 is 9.21 Å². The molecule has 1 aliphatic heterocycles. The summed E-state index contributed by atoms with van der Waals surface area (Å²) >= 11 is 0. The van der Waals surface area contributed by atoms with Crippen LogP contribution in [-0.4, -0.2) is 10.8 Å². The van der Waals surface area contributed by atoms with E-state index < -0.39 is 6.04 Å². The zero-order chi connectivity index (χ0) is 21.7. The lowest BCUT2D eigenvalue weighted by atomic mass is 9.97. The maximum absolute atomic E-state index is 13.6. The molecule has 0 radical (unpaired) electrons. The van der Waals surface area contributed by atoms with Gasteiger partial charge in [0, 0.05) is 6.54 Å². The van der Waals surface area contributed by atoms with Crippen LogP contribution in [0.15, 0.2) is 75.9 Å². The number of nitrogens with zero attached hydrogens (tertiary/aromatic N) is 1. The Morgan fingerprint density at radius 3 is 2.26 bits per heavy atom. The van der Waals surface area contributed by atoms with E-state index in [0.717, 1.165) is 27.8 Å². The van der Waals surface area contributed by atoms with Crippen molar-refractivity contribution in [3.05, 3.63) is 116 Å². The predicted octanol–water partition coefficient (Wildman–Crippen LogP) is 5.46. The number of hydrogen-bond acceptors (Lipinski definition) is 3. The van der Waals surface area contributed by atoms with Gasteiger partial charge in [-0.25, -0.2) is 0 Å². The molecule has 0 N–H and O–H groups in total. The summed E-state index contributed by atoms with van der Waals surface area (Å²) in [6.45, 7) is 6.38. The topological polar surface area (TPSA) is 50.5 Å². The average molecular weight is 409 g/mol. The number of amides is 1. The number of benzene rings is 3. The van der Waals surface area contributed by atoms with Crippen molar-refractivity contribution in [1.29, 1.82) is 0 Å². The summed E-state index contributed by atoms with van der Waals surface area (Å²) in [5.74, 6) is -0.0941. The van der Waals surface area contributed by atoms with Crippen molar-refractivity contribution in [2.24, 2.45) is 0 Å². The van der Waals surface area contributed by atoms with Gasteiger partial charge in [0.15, 0.2) is 5.43 Å². The van der Waals surface area contributed by atoms with E-state index in [0.29, 0.717) is 23.1 Å². The third kappa shape index (κ3) is 3.15. The van der Waals surface area contributed by atoms with Crippen LogP contribution in [0.2, 0.25) is 0 Å². The van der Waals surface area contributed by atoms with Gasteiger partial charge >= 0.3 is 0 Å². The van der Waals surface area contributed by atoms with Crippen LogP contribution in [0.1, 0.15) is 50.0 Å². The molecule has 1 amide bonds. The number of fused-ring (bicyclic) bond motifs is 2. The maximum Gasteiger partial charge on any atom is 0.291 e. The molecule has 2 heterocycles. The SMILES string of the molecule is Cc1ccc(CN2C(=O)c3oc4cc(C)c(C)cc4c(=O)c3C2c2ccccc2)cc1. The second-order valence-electron chi connectivity index (χ2n) is 8.34.